The molecule has 0 saturated carbocycles. The van der Waals surface area contributed by atoms with Crippen LogP contribution < -0.4 is 10.5 Å². The van der Waals surface area contributed by atoms with Crippen molar-refractivity contribution in [2.24, 2.45) is 5.73 Å². The van der Waals surface area contributed by atoms with Gasteiger partial charge in [0.05, 0.1) is 24.7 Å². The Bertz CT molecular complexity index is 919. The van der Waals surface area contributed by atoms with E-state index >= 15 is 0 Å². The molecular formula is C23H24N2O5. The van der Waals surface area contributed by atoms with E-state index in [-0.39, 0.29) is 26.2 Å². The molecule has 0 aliphatic carbocycles. The van der Waals surface area contributed by atoms with Gasteiger partial charge in [0, 0.05) is 17.7 Å². The first-order valence-electron chi connectivity index (χ1n) is 9.48. The molecule has 0 radical (unpaired) electrons. The van der Waals surface area contributed by atoms with Crippen LogP contribution in [-0.2, 0) is 25.7 Å². The van der Waals surface area contributed by atoms with E-state index in [9.17, 15) is 9.59 Å². The lowest BCUT2D eigenvalue weighted by atomic mass is 10.1. The summed E-state index contributed by atoms with van der Waals surface area (Å²) in [5.74, 6) is -0.531. The van der Waals surface area contributed by atoms with Crippen LogP contribution in [-0.4, -0.2) is 31.2 Å². The van der Waals surface area contributed by atoms with Gasteiger partial charge in [-0.15, -0.1) is 0 Å². The van der Waals surface area contributed by atoms with Crippen LogP contribution in [0.5, 0.6) is 5.75 Å². The summed E-state index contributed by atoms with van der Waals surface area (Å²) in [5.41, 5.74) is 7.86. The molecule has 7 nitrogen and oxygen atoms in total. The first-order chi connectivity index (χ1) is 14.5. The molecule has 0 amide bonds. The molecule has 30 heavy (non-hydrogen) atoms. The second-order valence-electron chi connectivity index (χ2n) is 6.37. The van der Waals surface area contributed by atoms with Crippen molar-refractivity contribution in [3.8, 4) is 11.8 Å². The van der Waals surface area contributed by atoms with Gasteiger partial charge in [0.15, 0.2) is 0 Å². The van der Waals surface area contributed by atoms with Gasteiger partial charge in [-0.05, 0) is 36.8 Å². The van der Waals surface area contributed by atoms with Gasteiger partial charge < -0.3 is 19.9 Å². The van der Waals surface area contributed by atoms with Crippen LogP contribution >= 0.6 is 0 Å². The van der Waals surface area contributed by atoms with Crippen LogP contribution in [0.2, 0.25) is 0 Å². The van der Waals surface area contributed by atoms with Crippen LogP contribution in [0, 0.1) is 11.3 Å². The fraction of sp³-hybridized carbons (Fsp3) is 0.261. The van der Waals surface area contributed by atoms with Crippen molar-refractivity contribution < 1.29 is 23.8 Å². The molecule has 7 heteroatoms. The summed E-state index contributed by atoms with van der Waals surface area (Å²) in [6, 6.07) is 15.6. The fourth-order valence-electron chi connectivity index (χ4n) is 2.48. The topological polar surface area (TPSA) is 112 Å². The number of ether oxygens (including phenoxy) is 3. The Kier molecular flexibility index (Phi) is 9.10. The smallest absolute Gasteiger partial charge is 0.330 e. The normalized spacial score (nSPS) is 11.5. The van der Waals surface area contributed by atoms with Gasteiger partial charge in [-0.3, -0.25) is 4.79 Å². The van der Waals surface area contributed by atoms with Crippen molar-refractivity contribution >= 4 is 18.0 Å². The molecule has 1 atom stereocenters. The van der Waals surface area contributed by atoms with E-state index in [1.165, 1.54) is 12.2 Å². The van der Waals surface area contributed by atoms with Crippen LogP contribution in [0.4, 0.5) is 0 Å². The van der Waals surface area contributed by atoms with Crippen LogP contribution in [0.1, 0.15) is 30.0 Å². The minimum absolute atomic E-state index is 0.0151. The fourth-order valence-corrected chi connectivity index (χ4v) is 2.48. The van der Waals surface area contributed by atoms with Crippen molar-refractivity contribution in [2.45, 2.75) is 26.0 Å². The maximum Gasteiger partial charge on any atom is 0.330 e. The van der Waals surface area contributed by atoms with Gasteiger partial charge in [-0.25, -0.2) is 4.79 Å². The first kappa shape index (κ1) is 22.7. The highest BCUT2D eigenvalue weighted by molar-refractivity contribution is 5.87. The summed E-state index contributed by atoms with van der Waals surface area (Å²) in [6.07, 6.45) is 2.80. The van der Waals surface area contributed by atoms with Gasteiger partial charge in [0.25, 0.3) is 0 Å². The first-order valence-corrected chi connectivity index (χ1v) is 9.48. The molecule has 0 aromatic heterocycles. The van der Waals surface area contributed by atoms with Crippen molar-refractivity contribution in [1.29, 1.82) is 5.26 Å². The number of esters is 2. The minimum Gasteiger partial charge on any atom is -0.491 e. The summed E-state index contributed by atoms with van der Waals surface area (Å²) in [7, 11) is 0. The predicted octanol–water partition coefficient (Wildman–Crippen LogP) is 2.97. The maximum atomic E-state index is 12.0. The standard InChI is InChI=1S/C23H24N2O5/c1-2-28-22(26)11-10-19-9-8-18(14-24)12-21(19)29-16-20(25)13-23(27)30-15-17-6-4-3-5-7-17/h3-12,20H,2,13,15-16,25H2,1H3/b11-10+. The number of carbonyl (C=O) groups excluding carboxylic acids is 2. The highest BCUT2D eigenvalue weighted by atomic mass is 16.5. The lowest BCUT2D eigenvalue weighted by Crippen LogP contribution is -2.31. The molecule has 0 saturated heterocycles. The summed E-state index contributed by atoms with van der Waals surface area (Å²) in [5, 5.41) is 9.11. The molecule has 156 valence electrons. The summed E-state index contributed by atoms with van der Waals surface area (Å²) in [6.45, 7) is 2.21. The molecule has 0 bridgehead atoms. The number of nitrogens with zero attached hydrogens (tertiary/aromatic N) is 1. The van der Waals surface area contributed by atoms with Gasteiger partial charge in [0.1, 0.15) is 19.0 Å². The summed E-state index contributed by atoms with van der Waals surface area (Å²) < 4.78 is 15.8. The number of hydrogen-bond acceptors (Lipinski definition) is 7. The third-order valence-corrected chi connectivity index (χ3v) is 3.95. The second kappa shape index (κ2) is 12.0. The average molecular weight is 408 g/mol. The van der Waals surface area contributed by atoms with Gasteiger partial charge >= 0.3 is 11.9 Å². The Morgan fingerprint density at radius 2 is 1.93 bits per heavy atom. The average Bonchev–Trinajstić information content (AvgIpc) is 2.76. The minimum atomic E-state index is -0.596. The van der Waals surface area contributed by atoms with E-state index in [1.807, 2.05) is 36.4 Å². The lowest BCUT2D eigenvalue weighted by molar-refractivity contribution is -0.145. The molecule has 2 N–H and O–H groups in total. The molecule has 0 fully saturated rings. The van der Waals surface area contributed by atoms with E-state index in [0.29, 0.717) is 16.9 Å². The molecule has 0 aliphatic heterocycles. The van der Waals surface area contributed by atoms with E-state index in [2.05, 4.69) is 0 Å². The quantitative estimate of drug-likeness (QED) is 0.475. The van der Waals surface area contributed by atoms with Crippen molar-refractivity contribution in [1.82, 2.24) is 0 Å². The molecule has 2 aromatic rings. The second-order valence-corrected chi connectivity index (χ2v) is 6.37. The zero-order valence-corrected chi connectivity index (χ0v) is 16.7. The Labute approximate surface area is 175 Å². The third-order valence-electron chi connectivity index (χ3n) is 3.95. The van der Waals surface area contributed by atoms with Gasteiger partial charge in [0.2, 0.25) is 0 Å². The van der Waals surface area contributed by atoms with E-state index in [4.69, 9.17) is 25.2 Å². The number of hydrogen-bond donors (Lipinski definition) is 1. The zero-order valence-electron chi connectivity index (χ0n) is 16.7. The van der Waals surface area contributed by atoms with Crippen molar-refractivity contribution in [2.75, 3.05) is 13.2 Å². The van der Waals surface area contributed by atoms with Gasteiger partial charge in [-0.2, -0.15) is 5.26 Å². The number of carbonyl (C=O) groups is 2. The highest BCUT2D eigenvalue weighted by Gasteiger charge is 2.13. The third kappa shape index (κ3) is 7.78. The lowest BCUT2D eigenvalue weighted by Gasteiger charge is -2.15. The Balaban J connectivity index is 1.92. The Morgan fingerprint density at radius 1 is 1.17 bits per heavy atom. The Hall–Kier alpha value is -3.63. The molecule has 0 heterocycles. The van der Waals surface area contributed by atoms with E-state index < -0.39 is 18.0 Å². The SMILES string of the molecule is CCOC(=O)/C=C/c1ccc(C#N)cc1OCC(N)CC(=O)OCc1ccccc1. The number of benzene rings is 2. The number of nitriles is 1. The number of nitrogens with two attached hydrogens (primary N) is 1. The summed E-state index contributed by atoms with van der Waals surface area (Å²) >= 11 is 0. The number of rotatable bonds is 10. The van der Waals surface area contributed by atoms with Crippen LogP contribution in [0.15, 0.2) is 54.6 Å². The van der Waals surface area contributed by atoms with Crippen molar-refractivity contribution in [3.63, 3.8) is 0 Å². The van der Waals surface area contributed by atoms with E-state index in [0.717, 1.165) is 5.56 Å². The van der Waals surface area contributed by atoms with Crippen molar-refractivity contribution in [3.05, 3.63) is 71.3 Å². The molecule has 0 spiro atoms. The zero-order chi connectivity index (χ0) is 21.8. The highest BCUT2D eigenvalue weighted by Crippen LogP contribution is 2.22. The molecule has 2 aromatic carbocycles. The summed E-state index contributed by atoms with van der Waals surface area (Å²) in [4.78, 5) is 23.5. The monoisotopic (exact) mass is 408 g/mol. The van der Waals surface area contributed by atoms with Crippen LogP contribution in [0.25, 0.3) is 6.08 Å². The molecular weight excluding hydrogens is 384 g/mol. The Morgan fingerprint density at radius 3 is 2.63 bits per heavy atom. The van der Waals surface area contributed by atoms with E-state index in [1.54, 1.807) is 25.1 Å². The molecule has 1 unspecified atom stereocenters. The molecule has 0 aliphatic rings. The maximum absolute atomic E-state index is 12.0. The predicted molar refractivity (Wildman–Crippen MR) is 111 cm³/mol. The van der Waals surface area contributed by atoms with Crippen LogP contribution in [0.3, 0.4) is 0 Å². The largest absolute Gasteiger partial charge is 0.491 e. The molecule has 2 rings (SSSR count). The van der Waals surface area contributed by atoms with Gasteiger partial charge in [-0.1, -0.05) is 30.3 Å².